The second kappa shape index (κ2) is 7.99. The second-order valence-corrected chi connectivity index (χ2v) is 12.7. The first-order valence-electron chi connectivity index (χ1n) is 13.0. The van der Waals surface area contributed by atoms with Crippen molar-refractivity contribution >= 4 is 0 Å². The Morgan fingerprint density at radius 3 is 2.21 bits per heavy atom. The van der Waals surface area contributed by atoms with Gasteiger partial charge in [0.15, 0.2) is 0 Å². The van der Waals surface area contributed by atoms with Gasteiger partial charge in [0.2, 0.25) is 0 Å². The van der Waals surface area contributed by atoms with E-state index in [1.807, 2.05) is 0 Å². The predicted octanol–water partition coefficient (Wildman–Crippen LogP) is 7.49. The summed E-state index contributed by atoms with van der Waals surface area (Å²) in [6.45, 7) is 14.9. The van der Waals surface area contributed by atoms with Crippen LogP contribution in [0.25, 0.3) is 0 Å². The van der Waals surface area contributed by atoms with E-state index in [2.05, 4.69) is 53.7 Å². The Kier molecular flexibility index (Phi) is 6.04. The highest BCUT2D eigenvalue weighted by atomic mass is 16.3. The summed E-state index contributed by atoms with van der Waals surface area (Å²) in [6, 6.07) is 0. The molecule has 0 spiro atoms. The van der Waals surface area contributed by atoms with E-state index in [-0.39, 0.29) is 6.10 Å². The lowest BCUT2D eigenvalue weighted by Gasteiger charge is -2.61. The van der Waals surface area contributed by atoms with Crippen LogP contribution in [0.5, 0.6) is 0 Å². The number of rotatable bonds is 4. The summed E-state index contributed by atoms with van der Waals surface area (Å²) in [5.74, 6) is 6.66. The van der Waals surface area contributed by atoms with Crippen LogP contribution in [0.1, 0.15) is 99.3 Å². The van der Waals surface area contributed by atoms with Gasteiger partial charge in [-0.25, -0.2) is 0 Å². The normalized spacial score (nSPS) is 49.5. The summed E-state index contributed by atoms with van der Waals surface area (Å²) in [4.78, 5) is 0. The first-order chi connectivity index (χ1) is 13.7. The first kappa shape index (κ1) is 21.9. The molecule has 0 aliphatic heterocycles. The molecule has 1 N–H and O–H groups in total. The van der Waals surface area contributed by atoms with Crippen LogP contribution < -0.4 is 0 Å². The van der Waals surface area contributed by atoms with Gasteiger partial charge < -0.3 is 5.11 Å². The molecule has 4 fully saturated rings. The molecule has 4 aliphatic carbocycles. The van der Waals surface area contributed by atoms with Crippen molar-refractivity contribution in [1.29, 1.82) is 0 Å². The van der Waals surface area contributed by atoms with E-state index >= 15 is 0 Å². The summed E-state index contributed by atoms with van der Waals surface area (Å²) in [5, 5.41) is 10.3. The molecule has 4 saturated carbocycles. The van der Waals surface area contributed by atoms with Crippen molar-refractivity contribution in [2.45, 2.75) is 105 Å². The number of aliphatic hydroxyl groups is 1. The molecule has 4 rings (SSSR count). The topological polar surface area (TPSA) is 20.2 Å². The van der Waals surface area contributed by atoms with Gasteiger partial charge in [-0.15, -0.1) is 0 Å². The van der Waals surface area contributed by atoms with E-state index in [4.69, 9.17) is 0 Å². The summed E-state index contributed by atoms with van der Waals surface area (Å²) >= 11 is 0. The molecule has 0 radical (unpaired) electrons. The molecule has 1 nitrogen and oxygen atoms in total. The monoisotopic (exact) mass is 400 g/mol. The van der Waals surface area contributed by atoms with Crippen LogP contribution in [0.3, 0.4) is 0 Å². The quantitative estimate of drug-likeness (QED) is 0.485. The Labute approximate surface area is 181 Å². The van der Waals surface area contributed by atoms with Crippen molar-refractivity contribution in [3.63, 3.8) is 0 Å². The van der Waals surface area contributed by atoms with Crippen LogP contribution in [0.15, 0.2) is 12.2 Å². The van der Waals surface area contributed by atoms with Gasteiger partial charge >= 0.3 is 0 Å². The highest BCUT2D eigenvalue weighted by Crippen LogP contribution is 2.68. The molecule has 29 heavy (non-hydrogen) atoms. The van der Waals surface area contributed by atoms with E-state index in [1.165, 1.54) is 44.9 Å². The highest BCUT2D eigenvalue weighted by Gasteiger charge is 2.60. The molecule has 0 unspecified atom stereocenters. The van der Waals surface area contributed by atoms with Crippen LogP contribution >= 0.6 is 0 Å². The minimum absolute atomic E-state index is 0.0183. The van der Waals surface area contributed by atoms with Gasteiger partial charge in [-0.3, -0.25) is 0 Å². The van der Waals surface area contributed by atoms with E-state index in [1.54, 1.807) is 0 Å². The number of hydrogen-bond acceptors (Lipinski definition) is 1. The minimum Gasteiger partial charge on any atom is -0.393 e. The van der Waals surface area contributed by atoms with Crippen LogP contribution in [0.2, 0.25) is 0 Å². The predicted molar refractivity (Wildman–Crippen MR) is 124 cm³/mol. The molecule has 1 heteroatoms. The smallest absolute Gasteiger partial charge is 0.0543 e. The van der Waals surface area contributed by atoms with E-state index in [9.17, 15) is 5.11 Å². The van der Waals surface area contributed by atoms with Crippen LogP contribution in [-0.4, -0.2) is 11.2 Å². The van der Waals surface area contributed by atoms with Gasteiger partial charge in [-0.05, 0) is 116 Å². The third kappa shape index (κ3) is 3.66. The standard InChI is InChI=1S/C28H48O/c1-18(2)19(3)7-8-20(4)24-11-12-25-23-10-9-21-17-22(29)13-15-27(21,5)26(23)14-16-28(24,25)6/h7-8,18-26,29H,9-17H2,1-6H3/b8-7+/t19-,20-,21-,22-,23+,24-,25+,26+,27+,28-/m1/s1. The fourth-order valence-electron chi connectivity index (χ4n) is 8.85. The second-order valence-electron chi connectivity index (χ2n) is 12.7. The van der Waals surface area contributed by atoms with Gasteiger partial charge in [0.1, 0.15) is 0 Å². The van der Waals surface area contributed by atoms with Gasteiger partial charge in [-0.1, -0.05) is 53.7 Å². The Bertz CT molecular complexity index is 607. The maximum absolute atomic E-state index is 10.3. The lowest BCUT2D eigenvalue weighted by atomic mass is 9.44. The first-order valence-corrected chi connectivity index (χ1v) is 13.0. The fraction of sp³-hybridized carbons (Fsp3) is 0.929. The Morgan fingerprint density at radius 1 is 0.793 bits per heavy atom. The molecule has 166 valence electrons. The number of allylic oxidation sites excluding steroid dienone is 2. The molecular weight excluding hydrogens is 352 g/mol. The molecule has 10 atom stereocenters. The number of aliphatic hydroxyl groups excluding tert-OH is 1. The summed E-state index contributed by atoms with van der Waals surface area (Å²) in [5.41, 5.74) is 1.07. The molecule has 0 amide bonds. The van der Waals surface area contributed by atoms with Crippen LogP contribution in [-0.2, 0) is 0 Å². The number of hydrogen-bond donors (Lipinski definition) is 1. The van der Waals surface area contributed by atoms with Gasteiger partial charge in [0.25, 0.3) is 0 Å². The van der Waals surface area contributed by atoms with Crippen molar-refractivity contribution in [1.82, 2.24) is 0 Å². The third-order valence-corrected chi connectivity index (χ3v) is 11.1. The third-order valence-electron chi connectivity index (χ3n) is 11.1. The maximum Gasteiger partial charge on any atom is 0.0543 e. The minimum atomic E-state index is -0.0183. The Hall–Kier alpha value is -0.300. The van der Waals surface area contributed by atoms with E-state index < -0.39 is 0 Å². The zero-order valence-electron chi connectivity index (χ0n) is 20.2. The molecule has 0 aromatic carbocycles. The zero-order chi connectivity index (χ0) is 21.0. The van der Waals surface area contributed by atoms with Crippen molar-refractivity contribution in [2.75, 3.05) is 0 Å². The van der Waals surface area contributed by atoms with Crippen LogP contribution in [0.4, 0.5) is 0 Å². The fourth-order valence-corrected chi connectivity index (χ4v) is 8.85. The molecule has 0 saturated heterocycles. The summed E-state index contributed by atoms with van der Waals surface area (Å²) in [7, 11) is 0. The molecular formula is C28H48O. The molecule has 0 aromatic rings. The highest BCUT2D eigenvalue weighted by molar-refractivity contribution is 5.11. The van der Waals surface area contributed by atoms with E-state index in [0.717, 1.165) is 54.3 Å². The number of fused-ring (bicyclic) bond motifs is 5. The SMILES string of the molecule is CC(C)[C@H](C)/C=C/[C@@H](C)[C@H]1CC[C@H]2[C@@H]3CC[C@@H]4C[C@H](O)CC[C@]4(C)[C@H]3CC[C@]12C. The van der Waals surface area contributed by atoms with Crippen molar-refractivity contribution < 1.29 is 5.11 Å². The maximum atomic E-state index is 10.3. The molecule has 0 bridgehead atoms. The Balaban J connectivity index is 1.50. The lowest BCUT2D eigenvalue weighted by molar-refractivity contribution is -0.128. The average Bonchev–Trinajstić information content (AvgIpc) is 3.03. The lowest BCUT2D eigenvalue weighted by Crippen LogP contribution is -2.54. The Morgan fingerprint density at radius 2 is 1.48 bits per heavy atom. The molecule has 0 heterocycles. The van der Waals surface area contributed by atoms with Crippen molar-refractivity contribution in [3.8, 4) is 0 Å². The summed E-state index contributed by atoms with van der Waals surface area (Å²) in [6.07, 6.45) is 17.1. The van der Waals surface area contributed by atoms with Crippen molar-refractivity contribution in [3.05, 3.63) is 12.2 Å². The zero-order valence-corrected chi connectivity index (χ0v) is 20.2. The largest absolute Gasteiger partial charge is 0.393 e. The van der Waals surface area contributed by atoms with Gasteiger partial charge in [0, 0.05) is 0 Å². The molecule has 0 aromatic heterocycles. The molecule has 4 aliphatic rings. The van der Waals surface area contributed by atoms with E-state index in [0.29, 0.717) is 16.7 Å². The van der Waals surface area contributed by atoms with Gasteiger partial charge in [-0.2, -0.15) is 0 Å². The summed E-state index contributed by atoms with van der Waals surface area (Å²) < 4.78 is 0. The van der Waals surface area contributed by atoms with Gasteiger partial charge in [0.05, 0.1) is 6.10 Å². The average molecular weight is 401 g/mol. The van der Waals surface area contributed by atoms with Crippen molar-refractivity contribution in [2.24, 2.45) is 58.2 Å². The van der Waals surface area contributed by atoms with Crippen LogP contribution in [0, 0.1) is 58.2 Å².